The molecule has 0 bridgehead atoms. The second-order valence-electron chi connectivity index (χ2n) is 4.83. The van der Waals surface area contributed by atoms with Gasteiger partial charge < -0.3 is 15.7 Å². The predicted octanol–water partition coefficient (Wildman–Crippen LogP) is 0.810. The minimum atomic E-state index is -0.448. The van der Waals surface area contributed by atoms with Crippen LogP contribution >= 0.6 is 0 Å². The molecule has 0 aliphatic carbocycles. The first-order chi connectivity index (χ1) is 10.1. The van der Waals surface area contributed by atoms with Crippen molar-refractivity contribution in [3.05, 3.63) is 29.3 Å². The van der Waals surface area contributed by atoms with Crippen molar-refractivity contribution in [2.24, 2.45) is 0 Å². The topological polar surface area (TPSA) is 78.4 Å². The molecule has 0 radical (unpaired) electrons. The van der Waals surface area contributed by atoms with E-state index < -0.39 is 6.04 Å². The zero-order chi connectivity index (χ0) is 15.2. The van der Waals surface area contributed by atoms with Gasteiger partial charge in [-0.2, -0.15) is 0 Å². The van der Waals surface area contributed by atoms with Crippen molar-refractivity contribution in [1.82, 2.24) is 5.32 Å². The zero-order valence-electron chi connectivity index (χ0n) is 11.9. The molecule has 5 heteroatoms. The van der Waals surface area contributed by atoms with Gasteiger partial charge in [-0.1, -0.05) is 18.8 Å². The Bertz CT molecular complexity index is 614. The van der Waals surface area contributed by atoms with E-state index in [-0.39, 0.29) is 18.4 Å². The largest absolute Gasteiger partial charge is 0.384 e. The number of hydrogen-bond donors (Lipinski definition) is 3. The van der Waals surface area contributed by atoms with Gasteiger partial charge >= 0.3 is 0 Å². The summed E-state index contributed by atoms with van der Waals surface area (Å²) in [6, 6.07) is 5.04. The monoisotopic (exact) mass is 286 g/mol. The highest BCUT2D eigenvalue weighted by molar-refractivity contribution is 5.99. The summed E-state index contributed by atoms with van der Waals surface area (Å²) in [5.74, 6) is 5.16. The third-order valence-electron chi connectivity index (χ3n) is 3.37. The van der Waals surface area contributed by atoms with E-state index in [4.69, 9.17) is 5.11 Å². The summed E-state index contributed by atoms with van der Waals surface area (Å²) in [5, 5.41) is 14.2. The Morgan fingerprint density at radius 3 is 2.95 bits per heavy atom. The fourth-order valence-corrected chi connectivity index (χ4v) is 2.26. The molecule has 1 aliphatic heterocycles. The molecule has 2 amide bonds. The molecule has 1 unspecified atom stereocenters. The normalized spacial score (nSPS) is 16.9. The Morgan fingerprint density at radius 2 is 2.33 bits per heavy atom. The van der Waals surface area contributed by atoms with E-state index in [0.717, 1.165) is 23.2 Å². The number of carbonyl (C=O) groups excluding carboxylic acids is 2. The molecule has 1 saturated heterocycles. The summed E-state index contributed by atoms with van der Waals surface area (Å²) in [4.78, 5) is 23.3. The third-order valence-corrected chi connectivity index (χ3v) is 3.37. The first-order valence-electron chi connectivity index (χ1n) is 6.97. The van der Waals surface area contributed by atoms with E-state index in [1.165, 1.54) is 0 Å². The maximum atomic E-state index is 12.1. The van der Waals surface area contributed by atoms with Crippen molar-refractivity contribution in [2.45, 2.75) is 32.2 Å². The number of amides is 2. The molecule has 21 heavy (non-hydrogen) atoms. The Labute approximate surface area is 123 Å². The fourth-order valence-electron chi connectivity index (χ4n) is 2.26. The van der Waals surface area contributed by atoms with Gasteiger partial charge in [0.25, 0.3) is 0 Å². The number of carbonyl (C=O) groups is 2. The van der Waals surface area contributed by atoms with Crippen LogP contribution in [0.5, 0.6) is 0 Å². The van der Waals surface area contributed by atoms with Gasteiger partial charge in [-0.25, -0.2) is 0 Å². The fraction of sp³-hybridized carbons (Fsp3) is 0.375. The summed E-state index contributed by atoms with van der Waals surface area (Å²) in [6.07, 6.45) is 1.68. The van der Waals surface area contributed by atoms with Gasteiger partial charge in [-0.15, -0.1) is 0 Å². The highest BCUT2D eigenvalue weighted by Crippen LogP contribution is 2.19. The van der Waals surface area contributed by atoms with E-state index in [2.05, 4.69) is 22.5 Å². The average molecular weight is 286 g/mol. The lowest BCUT2D eigenvalue weighted by Crippen LogP contribution is -2.37. The molecule has 3 N–H and O–H groups in total. The van der Waals surface area contributed by atoms with Crippen LogP contribution in [0.1, 0.15) is 30.9 Å². The summed E-state index contributed by atoms with van der Waals surface area (Å²) >= 11 is 0. The van der Waals surface area contributed by atoms with E-state index in [0.29, 0.717) is 12.8 Å². The molecule has 1 aromatic rings. The number of anilines is 1. The Kier molecular flexibility index (Phi) is 4.96. The maximum Gasteiger partial charge on any atom is 0.246 e. The van der Waals surface area contributed by atoms with Gasteiger partial charge in [0, 0.05) is 17.7 Å². The van der Waals surface area contributed by atoms with E-state index in [1.54, 1.807) is 12.1 Å². The lowest BCUT2D eigenvalue weighted by Gasteiger charge is -2.14. The standard InChI is InChI=1S/C16H18N2O3/c1-2-12-10-11(4-3-9-19)5-6-13(12)18-16(21)14-7-8-15(20)17-14/h5-6,10,14,19H,2,7-9H2,1H3,(H,17,20)(H,18,21). The summed E-state index contributed by atoms with van der Waals surface area (Å²) in [6.45, 7) is 1.81. The molecular weight excluding hydrogens is 268 g/mol. The van der Waals surface area contributed by atoms with Crippen LogP contribution in [0.3, 0.4) is 0 Å². The van der Waals surface area contributed by atoms with Crippen molar-refractivity contribution >= 4 is 17.5 Å². The van der Waals surface area contributed by atoms with Crippen molar-refractivity contribution in [1.29, 1.82) is 0 Å². The van der Waals surface area contributed by atoms with Gasteiger partial charge in [0.15, 0.2) is 0 Å². The molecule has 5 nitrogen and oxygen atoms in total. The molecule has 2 rings (SSSR count). The lowest BCUT2D eigenvalue weighted by molar-refractivity contribution is -0.122. The highest BCUT2D eigenvalue weighted by Gasteiger charge is 2.27. The second-order valence-corrected chi connectivity index (χ2v) is 4.83. The Morgan fingerprint density at radius 1 is 1.52 bits per heavy atom. The summed E-state index contributed by atoms with van der Waals surface area (Å²) in [7, 11) is 0. The first-order valence-corrected chi connectivity index (χ1v) is 6.97. The molecule has 1 heterocycles. The number of rotatable bonds is 3. The van der Waals surface area contributed by atoms with Crippen LogP contribution in [0.2, 0.25) is 0 Å². The number of hydrogen-bond acceptors (Lipinski definition) is 3. The number of aliphatic hydroxyl groups is 1. The van der Waals surface area contributed by atoms with E-state index in [1.807, 2.05) is 13.0 Å². The molecule has 1 aliphatic rings. The summed E-state index contributed by atoms with van der Waals surface area (Å²) < 4.78 is 0. The molecular formula is C16H18N2O3. The minimum Gasteiger partial charge on any atom is -0.384 e. The molecule has 1 aromatic carbocycles. The van der Waals surface area contributed by atoms with Crippen LogP contribution in [-0.4, -0.2) is 29.6 Å². The molecule has 1 atom stereocenters. The van der Waals surface area contributed by atoms with Gasteiger partial charge in [0.1, 0.15) is 12.6 Å². The average Bonchev–Trinajstić information content (AvgIpc) is 2.92. The van der Waals surface area contributed by atoms with Crippen molar-refractivity contribution in [3.8, 4) is 11.8 Å². The SMILES string of the molecule is CCc1cc(C#CCO)ccc1NC(=O)C1CCC(=O)N1. The lowest BCUT2D eigenvalue weighted by atomic mass is 10.1. The van der Waals surface area contributed by atoms with Crippen LogP contribution in [-0.2, 0) is 16.0 Å². The molecule has 0 aromatic heterocycles. The minimum absolute atomic E-state index is 0.0829. The van der Waals surface area contributed by atoms with Crippen LogP contribution < -0.4 is 10.6 Å². The van der Waals surface area contributed by atoms with Crippen LogP contribution in [0.15, 0.2) is 18.2 Å². The van der Waals surface area contributed by atoms with E-state index in [9.17, 15) is 9.59 Å². The second kappa shape index (κ2) is 6.91. The van der Waals surface area contributed by atoms with Crippen molar-refractivity contribution in [2.75, 3.05) is 11.9 Å². The predicted molar refractivity (Wildman–Crippen MR) is 79.6 cm³/mol. The molecule has 1 fully saturated rings. The van der Waals surface area contributed by atoms with Gasteiger partial charge in [-0.3, -0.25) is 9.59 Å². The smallest absolute Gasteiger partial charge is 0.246 e. The summed E-state index contributed by atoms with van der Waals surface area (Å²) in [5.41, 5.74) is 2.50. The Hall–Kier alpha value is -2.32. The highest BCUT2D eigenvalue weighted by atomic mass is 16.2. The zero-order valence-corrected chi connectivity index (χ0v) is 11.9. The van der Waals surface area contributed by atoms with Crippen LogP contribution in [0.4, 0.5) is 5.69 Å². The number of aryl methyl sites for hydroxylation is 1. The molecule has 110 valence electrons. The van der Waals surface area contributed by atoms with E-state index >= 15 is 0 Å². The molecule has 0 saturated carbocycles. The molecule has 0 spiro atoms. The van der Waals surface area contributed by atoms with Crippen molar-refractivity contribution in [3.63, 3.8) is 0 Å². The van der Waals surface area contributed by atoms with Crippen LogP contribution in [0.25, 0.3) is 0 Å². The van der Waals surface area contributed by atoms with Gasteiger partial charge in [0.2, 0.25) is 11.8 Å². The van der Waals surface area contributed by atoms with Gasteiger partial charge in [0.05, 0.1) is 0 Å². The quantitative estimate of drug-likeness (QED) is 0.720. The Balaban J connectivity index is 2.12. The maximum absolute atomic E-state index is 12.1. The number of benzene rings is 1. The number of aliphatic hydroxyl groups excluding tert-OH is 1. The van der Waals surface area contributed by atoms with Gasteiger partial charge in [-0.05, 0) is 36.6 Å². The van der Waals surface area contributed by atoms with Crippen molar-refractivity contribution < 1.29 is 14.7 Å². The van der Waals surface area contributed by atoms with Crippen LogP contribution in [0, 0.1) is 11.8 Å². The third kappa shape index (κ3) is 3.83. The number of nitrogens with one attached hydrogen (secondary N) is 2. The first kappa shape index (κ1) is 15.1.